The zero-order chi connectivity index (χ0) is 14.5. The molecule has 0 saturated heterocycles. The Hall–Kier alpha value is -1.72. The van der Waals surface area contributed by atoms with Gasteiger partial charge in [-0.2, -0.15) is 0 Å². The number of rotatable bonds is 4. The fraction of sp³-hybridized carbons (Fsp3) is 0.133. The summed E-state index contributed by atoms with van der Waals surface area (Å²) in [7, 11) is 0. The number of benzene rings is 2. The van der Waals surface area contributed by atoms with Crippen LogP contribution >= 0.6 is 15.9 Å². The van der Waals surface area contributed by atoms with E-state index in [-0.39, 0.29) is 18.3 Å². The molecule has 20 heavy (non-hydrogen) atoms. The zero-order valence-corrected chi connectivity index (χ0v) is 12.1. The lowest BCUT2D eigenvalue weighted by molar-refractivity contribution is 0.0916. The van der Waals surface area contributed by atoms with E-state index in [9.17, 15) is 14.3 Å². The lowest BCUT2D eigenvalue weighted by atomic mass is 10.1. The van der Waals surface area contributed by atoms with Gasteiger partial charge in [-0.1, -0.05) is 34.1 Å². The van der Waals surface area contributed by atoms with E-state index >= 15 is 0 Å². The molecule has 0 saturated carbocycles. The summed E-state index contributed by atoms with van der Waals surface area (Å²) in [6, 6.07) is 12.5. The molecule has 5 heteroatoms. The van der Waals surface area contributed by atoms with Crippen molar-refractivity contribution in [1.82, 2.24) is 5.32 Å². The topological polar surface area (TPSA) is 49.3 Å². The van der Waals surface area contributed by atoms with Crippen molar-refractivity contribution in [3.8, 4) is 0 Å². The number of nitrogens with one attached hydrogen (secondary N) is 1. The molecule has 0 aliphatic carbocycles. The largest absolute Gasteiger partial charge is 0.387 e. The van der Waals surface area contributed by atoms with Crippen LogP contribution in [0.2, 0.25) is 0 Å². The van der Waals surface area contributed by atoms with Gasteiger partial charge in [0.1, 0.15) is 5.82 Å². The molecule has 0 aromatic heterocycles. The highest BCUT2D eigenvalue weighted by Gasteiger charge is 2.11. The van der Waals surface area contributed by atoms with Crippen molar-refractivity contribution in [1.29, 1.82) is 0 Å². The fourth-order valence-corrected chi connectivity index (χ4v) is 2.12. The van der Waals surface area contributed by atoms with Crippen LogP contribution in [0.5, 0.6) is 0 Å². The molecule has 1 amide bonds. The number of halogens is 2. The van der Waals surface area contributed by atoms with E-state index < -0.39 is 6.10 Å². The number of amides is 1. The van der Waals surface area contributed by atoms with Crippen LogP contribution in [0.4, 0.5) is 4.39 Å². The molecule has 0 aliphatic rings. The van der Waals surface area contributed by atoms with Gasteiger partial charge in [0.15, 0.2) is 0 Å². The Labute approximate surface area is 124 Å². The van der Waals surface area contributed by atoms with Gasteiger partial charge >= 0.3 is 0 Å². The summed E-state index contributed by atoms with van der Waals surface area (Å²) in [4.78, 5) is 11.9. The maximum atomic E-state index is 12.8. The number of hydrogen-bond acceptors (Lipinski definition) is 2. The first kappa shape index (κ1) is 14.7. The normalized spacial score (nSPS) is 11.9. The van der Waals surface area contributed by atoms with Gasteiger partial charge in [0.25, 0.3) is 5.91 Å². The lowest BCUT2D eigenvalue weighted by Crippen LogP contribution is -2.28. The first-order chi connectivity index (χ1) is 9.56. The van der Waals surface area contributed by atoms with Crippen LogP contribution in [-0.2, 0) is 0 Å². The van der Waals surface area contributed by atoms with E-state index in [0.717, 1.165) is 4.47 Å². The summed E-state index contributed by atoms with van der Waals surface area (Å²) in [5.41, 5.74) is 1.06. The van der Waals surface area contributed by atoms with Crippen molar-refractivity contribution in [2.75, 3.05) is 6.54 Å². The molecule has 2 rings (SSSR count). The molecule has 0 spiro atoms. The third kappa shape index (κ3) is 3.88. The highest BCUT2D eigenvalue weighted by molar-refractivity contribution is 9.10. The molecule has 0 radical (unpaired) electrons. The minimum atomic E-state index is -0.869. The fourth-order valence-electron chi connectivity index (χ4n) is 1.72. The highest BCUT2D eigenvalue weighted by Crippen LogP contribution is 2.14. The van der Waals surface area contributed by atoms with E-state index in [4.69, 9.17) is 0 Å². The number of carbonyl (C=O) groups is 1. The van der Waals surface area contributed by atoms with Crippen LogP contribution in [0.3, 0.4) is 0 Å². The molecule has 1 unspecified atom stereocenters. The average molecular weight is 338 g/mol. The van der Waals surface area contributed by atoms with Crippen molar-refractivity contribution in [2.45, 2.75) is 6.10 Å². The molecule has 2 aromatic carbocycles. The third-order valence-corrected chi connectivity index (χ3v) is 3.29. The number of aliphatic hydroxyl groups excluding tert-OH is 1. The molecule has 104 valence electrons. The van der Waals surface area contributed by atoms with Crippen LogP contribution in [0, 0.1) is 5.82 Å². The molecule has 0 fully saturated rings. The monoisotopic (exact) mass is 337 g/mol. The lowest BCUT2D eigenvalue weighted by Gasteiger charge is -2.12. The molecule has 0 bridgehead atoms. The number of carbonyl (C=O) groups excluding carboxylic acids is 1. The standard InChI is InChI=1S/C15H13BrFNO2/c16-12-3-1-2-11(8-12)15(20)18-9-14(19)10-4-6-13(17)7-5-10/h1-8,14,19H,9H2,(H,18,20). The second kappa shape index (κ2) is 6.63. The summed E-state index contributed by atoms with van der Waals surface area (Å²) < 4.78 is 13.6. The average Bonchev–Trinajstić information content (AvgIpc) is 2.45. The minimum Gasteiger partial charge on any atom is -0.387 e. The van der Waals surface area contributed by atoms with Crippen LogP contribution in [-0.4, -0.2) is 17.6 Å². The third-order valence-electron chi connectivity index (χ3n) is 2.80. The highest BCUT2D eigenvalue weighted by atomic mass is 79.9. The van der Waals surface area contributed by atoms with Crippen LogP contribution < -0.4 is 5.32 Å². The van der Waals surface area contributed by atoms with Gasteiger partial charge in [-0.15, -0.1) is 0 Å². The molecule has 0 aliphatic heterocycles. The van der Waals surface area contributed by atoms with E-state index in [1.54, 1.807) is 18.2 Å². The number of aliphatic hydroxyl groups is 1. The van der Waals surface area contributed by atoms with Gasteiger partial charge in [0, 0.05) is 16.6 Å². The SMILES string of the molecule is O=C(NCC(O)c1ccc(F)cc1)c1cccc(Br)c1. The van der Waals surface area contributed by atoms with Crippen molar-refractivity contribution in [2.24, 2.45) is 0 Å². The smallest absolute Gasteiger partial charge is 0.251 e. The summed E-state index contributed by atoms with van der Waals surface area (Å²) >= 11 is 3.29. The summed E-state index contributed by atoms with van der Waals surface area (Å²) in [5.74, 6) is -0.633. The Balaban J connectivity index is 1.94. The molecular formula is C15H13BrFNO2. The molecule has 3 nitrogen and oxygen atoms in total. The van der Waals surface area contributed by atoms with Gasteiger partial charge in [0.05, 0.1) is 6.10 Å². The van der Waals surface area contributed by atoms with Crippen molar-refractivity contribution in [3.05, 3.63) is 69.9 Å². The molecular weight excluding hydrogens is 325 g/mol. The maximum absolute atomic E-state index is 12.8. The molecule has 2 N–H and O–H groups in total. The van der Waals surface area contributed by atoms with Gasteiger partial charge in [-0.05, 0) is 35.9 Å². The van der Waals surface area contributed by atoms with Gasteiger partial charge in [0.2, 0.25) is 0 Å². The van der Waals surface area contributed by atoms with Gasteiger partial charge in [-0.25, -0.2) is 4.39 Å². The second-order valence-corrected chi connectivity index (χ2v) is 5.20. The van der Waals surface area contributed by atoms with Crippen molar-refractivity contribution >= 4 is 21.8 Å². The first-order valence-electron chi connectivity index (χ1n) is 6.03. The van der Waals surface area contributed by atoms with E-state index in [1.165, 1.54) is 24.3 Å². The van der Waals surface area contributed by atoms with Crippen LogP contribution in [0.15, 0.2) is 53.0 Å². The quantitative estimate of drug-likeness (QED) is 0.900. The van der Waals surface area contributed by atoms with E-state index in [1.807, 2.05) is 6.07 Å². The first-order valence-corrected chi connectivity index (χ1v) is 6.83. The predicted octanol–water partition coefficient (Wildman–Crippen LogP) is 3.05. The summed E-state index contributed by atoms with van der Waals surface area (Å²) in [6.45, 7) is 0.0664. The van der Waals surface area contributed by atoms with E-state index in [2.05, 4.69) is 21.2 Å². The minimum absolute atomic E-state index is 0.0664. The van der Waals surface area contributed by atoms with Crippen molar-refractivity contribution < 1.29 is 14.3 Å². The van der Waals surface area contributed by atoms with Crippen LogP contribution in [0.25, 0.3) is 0 Å². The Morgan fingerprint density at radius 2 is 1.95 bits per heavy atom. The van der Waals surface area contributed by atoms with Gasteiger partial charge < -0.3 is 10.4 Å². The Morgan fingerprint density at radius 3 is 2.60 bits per heavy atom. The van der Waals surface area contributed by atoms with Gasteiger partial charge in [-0.3, -0.25) is 4.79 Å². The van der Waals surface area contributed by atoms with E-state index in [0.29, 0.717) is 11.1 Å². The molecule has 2 aromatic rings. The van der Waals surface area contributed by atoms with Crippen LogP contribution in [0.1, 0.15) is 22.0 Å². The summed E-state index contributed by atoms with van der Waals surface area (Å²) in [6.07, 6.45) is -0.869. The zero-order valence-electron chi connectivity index (χ0n) is 10.5. The summed E-state index contributed by atoms with van der Waals surface area (Å²) in [5, 5.41) is 12.6. The number of hydrogen-bond donors (Lipinski definition) is 2. The molecule has 1 atom stereocenters. The van der Waals surface area contributed by atoms with Crippen molar-refractivity contribution in [3.63, 3.8) is 0 Å². The Morgan fingerprint density at radius 1 is 1.25 bits per heavy atom. The Bertz CT molecular complexity index is 601. The molecule has 0 heterocycles. The maximum Gasteiger partial charge on any atom is 0.251 e. The Kier molecular flexibility index (Phi) is 4.87. The second-order valence-electron chi connectivity index (χ2n) is 4.29. The predicted molar refractivity (Wildman–Crippen MR) is 77.8 cm³/mol.